The molecule has 0 radical (unpaired) electrons. The van der Waals surface area contributed by atoms with Gasteiger partial charge >= 0.3 is 0 Å². The minimum Gasteiger partial charge on any atom is -0.726 e. The van der Waals surface area contributed by atoms with E-state index in [1.807, 2.05) is 0 Å². The summed E-state index contributed by atoms with van der Waals surface area (Å²) >= 11 is 0. The molecule has 18 heavy (non-hydrogen) atoms. The molecule has 0 aliphatic carbocycles. The third-order valence-corrected chi connectivity index (χ3v) is 3.12. The summed E-state index contributed by atoms with van der Waals surface area (Å²) in [7, 11) is -3.60. The predicted molar refractivity (Wildman–Crippen MR) is 65.4 cm³/mol. The van der Waals surface area contributed by atoms with Crippen LogP contribution in [0.25, 0.3) is 0 Å². The van der Waals surface area contributed by atoms with E-state index in [1.54, 1.807) is 0 Å². The summed E-state index contributed by atoms with van der Waals surface area (Å²) in [5.74, 6) is 0. The van der Waals surface area contributed by atoms with Crippen LogP contribution in [0.2, 0.25) is 0 Å². The van der Waals surface area contributed by atoms with Gasteiger partial charge in [0.15, 0.2) is 0 Å². The maximum Gasteiger partial charge on any atom is 0.217 e. The first-order valence-electron chi connectivity index (χ1n) is 5.80. The number of ether oxygens (including phenoxy) is 1. The number of aliphatic hydroxyl groups excluding tert-OH is 1. The molecule has 0 spiro atoms. The molecule has 0 aromatic rings. The lowest BCUT2D eigenvalue weighted by Gasteiger charge is -2.22. The van der Waals surface area contributed by atoms with Gasteiger partial charge in [-0.2, -0.15) is 0 Å². The molecule has 0 rings (SSSR count). The van der Waals surface area contributed by atoms with Crippen molar-refractivity contribution < 1.29 is 32.7 Å². The van der Waals surface area contributed by atoms with Gasteiger partial charge in [-0.05, 0) is 12.8 Å². The first kappa shape index (κ1) is 20.1. The Morgan fingerprint density at radius 2 is 1.72 bits per heavy atom. The van der Waals surface area contributed by atoms with Crippen molar-refractivity contribution in [2.45, 2.75) is 38.6 Å². The van der Waals surface area contributed by atoms with Crippen molar-refractivity contribution in [3.8, 4) is 0 Å². The Morgan fingerprint density at radius 3 is 2.00 bits per heavy atom. The summed E-state index contributed by atoms with van der Waals surface area (Å²) in [5, 5.41) is 8.47. The van der Waals surface area contributed by atoms with Gasteiger partial charge in [-0.15, -0.1) is 0 Å². The van der Waals surface area contributed by atoms with Gasteiger partial charge in [0.2, 0.25) is 10.4 Å². The fourth-order valence-electron chi connectivity index (χ4n) is 1.06. The van der Waals surface area contributed by atoms with Crippen molar-refractivity contribution in [2.24, 2.45) is 0 Å². The Bertz CT molecular complexity index is 276. The number of aliphatic hydroxyl groups is 1. The van der Waals surface area contributed by atoms with Gasteiger partial charge in [-0.1, -0.05) is 13.8 Å². The van der Waals surface area contributed by atoms with Gasteiger partial charge < -0.3 is 20.1 Å². The third-order valence-electron chi connectivity index (χ3n) is 2.72. The van der Waals surface area contributed by atoms with Gasteiger partial charge in [0, 0.05) is 6.42 Å². The lowest BCUT2D eigenvalue weighted by Crippen LogP contribution is -2.72. The Kier molecular flexibility index (Phi) is 11.9. The SMILES string of the molecule is CCC([NH3+])(CC)CCOCCO.COS(=O)(=O)[O-]. The average molecular weight is 287 g/mol. The van der Waals surface area contributed by atoms with Crippen LogP contribution >= 0.6 is 0 Å². The summed E-state index contributed by atoms with van der Waals surface area (Å²) in [6.45, 7) is 5.59. The summed E-state index contributed by atoms with van der Waals surface area (Å²) in [5.41, 5.74) is 4.34. The largest absolute Gasteiger partial charge is 0.726 e. The molecule has 0 aliphatic rings. The molecule has 0 atom stereocenters. The second kappa shape index (κ2) is 10.7. The fraction of sp³-hybridized carbons (Fsp3) is 1.00. The van der Waals surface area contributed by atoms with E-state index in [0.29, 0.717) is 13.2 Å². The third kappa shape index (κ3) is 13.8. The zero-order chi connectivity index (χ0) is 14.7. The van der Waals surface area contributed by atoms with Crippen LogP contribution in [0.1, 0.15) is 33.1 Å². The average Bonchev–Trinajstić information content (AvgIpc) is 2.34. The standard InChI is InChI=1S/C9H21NO2.CH4O4S/c1-3-9(10,4-2)5-7-12-8-6-11;1-5-6(2,3)4/h11H,3-8,10H2,1-2H3;1H3,(H,2,3,4). The van der Waals surface area contributed by atoms with Crippen molar-refractivity contribution in [3.63, 3.8) is 0 Å². The Labute approximate surface area is 109 Å². The molecule has 0 saturated carbocycles. The predicted octanol–water partition coefficient (Wildman–Crippen LogP) is -0.721. The van der Waals surface area contributed by atoms with Gasteiger partial charge in [0.1, 0.15) is 0 Å². The summed E-state index contributed by atoms with van der Waals surface area (Å²) in [6, 6.07) is 0. The van der Waals surface area contributed by atoms with Crippen LogP contribution in [0.3, 0.4) is 0 Å². The number of rotatable bonds is 8. The first-order chi connectivity index (χ1) is 8.24. The first-order valence-corrected chi connectivity index (χ1v) is 7.13. The topological polar surface area (TPSA) is 124 Å². The molecule has 112 valence electrons. The van der Waals surface area contributed by atoms with Crippen LogP contribution in [-0.2, 0) is 19.3 Å². The van der Waals surface area contributed by atoms with Gasteiger partial charge in [-0.25, -0.2) is 8.42 Å². The highest BCUT2D eigenvalue weighted by Crippen LogP contribution is 2.13. The second-order valence-corrected chi connectivity index (χ2v) is 5.02. The molecule has 4 N–H and O–H groups in total. The number of hydrogen-bond acceptors (Lipinski definition) is 6. The molecule has 0 fully saturated rings. The van der Waals surface area contributed by atoms with E-state index in [0.717, 1.165) is 26.4 Å². The Balaban J connectivity index is 0. The minimum absolute atomic E-state index is 0.113. The van der Waals surface area contributed by atoms with E-state index in [4.69, 9.17) is 9.84 Å². The van der Waals surface area contributed by atoms with Crippen LogP contribution in [0.15, 0.2) is 0 Å². The summed E-state index contributed by atoms with van der Waals surface area (Å²) in [4.78, 5) is 0. The highest BCUT2D eigenvalue weighted by Gasteiger charge is 2.23. The smallest absolute Gasteiger partial charge is 0.217 e. The highest BCUT2D eigenvalue weighted by atomic mass is 32.3. The molecular formula is C10H25NO6S. The lowest BCUT2D eigenvalue weighted by molar-refractivity contribution is -0.482. The molecule has 0 aromatic heterocycles. The molecule has 7 nitrogen and oxygen atoms in total. The van der Waals surface area contributed by atoms with Crippen molar-refractivity contribution in [1.29, 1.82) is 0 Å². The van der Waals surface area contributed by atoms with Crippen LogP contribution in [0.4, 0.5) is 0 Å². The second-order valence-electron chi connectivity index (χ2n) is 3.87. The van der Waals surface area contributed by atoms with Crippen LogP contribution < -0.4 is 5.73 Å². The molecule has 0 saturated heterocycles. The molecular weight excluding hydrogens is 262 g/mol. The van der Waals surface area contributed by atoms with E-state index in [9.17, 15) is 13.0 Å². The molecule has 0 bridgehead atoms. The van der Waals surface area contributed by atoms with Gasteiger partial charge in [0.25, 0.3) is 0 Å². The quantitative estimate of drug-likeness (QED) is 0.345. The summed E-state index contributed by atoms with van der Waals surface area (Å²) < 4.78 is 36.2. The van der Waals surface area contributed by atoms with E-state index in [-0.39, 0.29) is 12.1 Å². The van der Waals surface area contributed by atoms with Gasteiger partial charge in [-0.3, -0.25) is 4.18 Å². The van der Waals surface area contributed by atoms with E-state index in [1.165, 1.54) is 0 Å². The van der Waals surface area contributed by atoms with E-state index >= 15 is 0 Å². The van der Waals surface area contributed by atoms with Crippen LogP contribution in [-0.4, -0.2) is 50.5 Å². The maximum atomic E-state index is 9.22. The monoisotopic (exact) mass is 287 g/mol. The zero-order valence-electron chi connectivity index (χ0n) is 11.3. The van der Waals surface area contributed by atoms with Crippen LogP contribution in [0, 0.1) is 0 Å². The molecule has 0 unspecified atom stereocenters. The van der Waals surface area contributed by atoms with Crippen LogP contribution in [0.5, 0.6) is 0 Å². The molecule has 0 aromatic carbocycles. The molecule has 0 amide bonds. The van der Waals surface area contributed by atoms with Crippen molar-refractivity contribution in [3.05, 3.63) is 0 Å². The molecule has 0 heterocycles. The fourth-order valence-corrected chi connectivity index (χ4v) is 1.06. The van der Waals surface area contributed by atoms with Crippen molar-refractivity contribution in [2.75, 3.05) is 26.9 Å². The maximum absolute atomic E-state index is 9.22. The number of quaternary nitrogens is 1. The molecule has 8 heteroatoms. The van der Waals surface area contributed by atoms with Gasteiger partial charge in [0.05, 0.1) is 32.5 Å². The highest BCUT2D eigenvalue weighted by molar-refractivity contribution is 7.80. The minimum atomic E-state index is -4.41. The summed E-state index contributed by atoms with van der Waals surface area (Å²) in [6.07, 6.45) is 3.16. The zero-order valence-corrected chi connectivity index (χ0v) is 12.2. The number of hydrogen-bond donors (Lipinski definition) is 2. The lowest BCUT2D eigenvalue weighted by atomic mass is 9.91. The van der Waals surface area contributed by atoms with Crippen molar-refractivity contribution in [1.82, 2.24) is 0 Å². The van der Waals surface area contributed by atoms with Crippen molar-refractivity contribution >= 4 is 10.4 Å². The van der Waals surface area contributed by atoms with E-state index < -0.39 is 10.4 Å². The Morgan fingerprint density at radius 1 is 1.28 bits per heavy atom. The van der Waals surface area contributed by atoms with E-state index in [2.05, 4.69) is 23.8 Å². The normalized spacial score (nSPS) is 11.9. The Hall–Kier alpha value is -0.250. The molecule has 0 aliphatic heterocycles.